The van der Waals surface area contributed by atoms with Crippen molar-refractivity contribution in [2.75, 3.05) is 39.3 Å². The summed E-state index contributed by atoms with van der Waals surface area (Å²) in [4.78, 5) is 15.8. The summed E-state index contributed by atoms with van der Waals surface area (Å²) >= 11 is 0. The number of nitrogens with one attached hydrogen (secondary N) is 2. The van der Waals surface area contributed by atoms with Crippen molar-refractivity contribution in [3.05, 3.63) is 34.9 Å². The molecule has 5 heteroatoms. The molecule has 4 atom stereocenters. The summed E-state index contributed by atoms with van der Waals surface area (Å²) in [5, 5.41) is 15.5. The maximum Gasteiger partial charge on any atom is 0.251 e. The van der Waals surface area contributed by atoms with E-state index in [0.29, 0.717) is 0 Å². The average molecular weight is 414 g/mol. The van der Waals surface area contributed by atoms with Gasteiger partial charge in [0.2, 0.25) is 0 Å². The molecule has 0 saturated carbocycles. The van der Waals surface area contributed by atoms with Gasteiger partial charge in [-0.2, -0.15) is 0 Å². The number of rotatable bonds is 10. The van der Waals surface area contributed by atoms with E-state index in [1.54, 1.807) is 0 Å². The molecule has 0 radical (unpaired) electrons. The van der Waals surface area contributed by atoms with Crippen LogP contribution in [-0.2, 0) is 6.42 Å². The average Bonchev–Trinajstić information content (AvgIpc) is 2.96. The Morgan fingerprint density at radius 3 is 3.03 bits per heavy atom. The minimum Gasteiger partial charge on any atom is -0.396 e. The predicted octanol–water partition coefficient (Wildman–Crippen LogP) is 2.89. The van der Waals surface area contributed by atoms with Crippen LogP contribution in [0.1, 0.15) is 66.4 Å². The van der Waals surface area contributed by atoms with Crippen molar-refractivity contribution in [2.24, 2.45) is 11.3 Å². The van der Waals surface area contributed by atoms with E-state index < -0.39 is 0 Å². The van der Waals surface area contributed by atoms with E-state index >= 15 is 0 Å². The Morgan fingerprint density at radius 2 is 2.17 bits per heavy atom. The Morgan fingerprint density at radius 1 is 1.30 bits per heavy atom. The summed E-state index contributed by atoms with van der Waals surface area (Å²) in [6, 6.07) is 7.14. The molecular formula is C25H39N3O2. The lowest BCUT2D eigenvalue weighted by Crippen LogP contribution is -2.48. The Labute approximate surface area is 181 Å². The van der Waals surface area contributed by atoms with Crippen LogP contribution in [0, 0.1) is 18.3 Å². The van der Waals surface area contributed by atoms with Gasteiger partial charge in [-0.05, 0) is 88.1 Å². The van der Waals surface area contributed by atoms with Gasteiger partial charge in [0.15, 0.2) is 0 Å². The molecule has 1 aromatic rings. The van der Waals surface area contributed by atoms with E-state index in [4.69, 9.17) is 5.11 Å². The van der Waals surface area contributed by atoms with Gasteiger partial charge in [-0.1, -0.05) is 18.6 Å². The molecule has 4 rings (SSSR count). The molecule has 0 aliphatic carbocycles. The van der Waals surface area contributed by atoms with Crippen LogP contribution in [0.5, 0.6) is 0 Å². The minimum absolute atomic E-state index is 0.0958. The smallest absolute Gasteiger partial charge is 0.251 e. The first-order valence-electron chi connectivity index (χ1n) is 12.0. The van der Waals surface area contributed by atoms with E-state index in [0.717, 1.165) is 62.0 Å². The predicted molar refractivity (Wildman–Crippen MR) is 121 cm³/mol. The molecule has 3 N–H and O–H groups in total. The monoisotopic (exact) mass is 413 g/mol. The van der Waals surface area contributed by atoms with Gasteiger partial charge in [-0.3, -0.25) is 9.69 Å². The van der Waals surface area contributed by atoms with Crippen molar-refractivity contribution in [3.63, 3.8) is 0 Å². The highest BCUT2D eigenvalue weighted by Crippen LogP contribution is 2.48. The molecule has 0 aromatic heterocycles. The number of carbonyl (C=O) groups excluding carboxylic acids is 1. The molecule has 3 heterocycles. The number of amides is 1. The topological polar surface area (TPSA) is 64.6 Å². The fourth-order valence-electron chi connectivity index (χ4n) is 6.13. The van der Waals surface area contributed by atoms with Gasteiger partial charge >= 0.3 is 0 Å². The molecule has 0 spiro atoms. The SMILES string of the molecule is Cc1ccc(CCCNCCCO)cc1C(=O)NCC12CCCC3CC(CN3C1)C2. The summed E-state index contributed by atoms with van der Waals surface area (Å²) in [5.41, 5.74) is 3.41. The number of benzene rings is 1. The molecule has 3 fully saturated rings. The van der Waals surface area contributed by atoms with Gasteiger partial charge < -0.3 is 15.7 Å². The molecule has 1 aromatic carbocycles. The summed E-state index contributed by atoms with van der Waals surface area (Å²) in [6.45, 7) is 7.37. The molecule has 3 aliphatic rings. The fraction of sp³-hybridized carbons (Fsp3) is 0.720. The first-order valence-corrected chi connectivity index (χ1v) is 12.0. The second-order valence-electron chi connectivity index (χ2n) is 10.0. The normalized spacial score (nSPS) is 29.7. The lowest BCUT2D eigenvalue weighted by Gasteiger charge is -2.41. The van der Waals surface area contributed by atoms with Crippen molar-refractivity contribution >= 4 is 5.91 Å². The molecule has 3 saturated heterocycles. The molecule has 3 bridgehead atoms. The molecule has 5 nitrogen and oxygen atoms in total. The van der Waals surface area contributed by atoms with Gasteiger partial charge in [-0.15, -0.1) is 0 Å². The van der Waals surface area contributed by atoms with Crippen LogP contribution in [0.3, 0.4) is 0 Å². The van der Waals surface area contributed by atoms with Gasteiger partial charge in [0.05, 0.1) is 0 Å². The summed E-state index contributed by atoms with van der Waals surface area (Å²) in [5.74, 6) is 0.940. The third-order valence-corrected chi connectivity index (χ3v) is 7.62. The number of carbonyl (C=O) groups is 1. The second-order valence-corrected chi connectivity index (χ2v) is 10.0. The number of fused-ring (bicyclic) bond motifs is 2. The van der Waals surface area contributed by atoms with Crippen molar-refractivity contribution < 1.29 is 9.90 Å². The minimum atomic E-state index is 0.0958. The fourth-order valence-corrected chi connectivity index (χ4v) is 6.13. The van der Waals surface area contributed by atoms with E-state index in [1.807, 2.05) is 6.92 Å². The second kappa shape index (κ2) is 9.80. The maximum absolute atomic E-state index is 13.1. The van der Waals surface area contributed by atoms with Crippen molar-refractivity contribution in [3.8, 4) is 0 Å². The number of aryl methyl sites for hydroxylation is 2. The van der Waals surface area contributed by atoms with Crippen LogP contribution in [0.25, 0.3) is 0 Å². The van der Waals surface area contributed by atoms with Crippen LogP contribution >= 0.6 is 0 Å². The first kappa shape index (κ1) is 21.8. The van der Waals surface area contributed by atoms with Crippen molar-refractivity contribution in [2.45, 2.75) is 64.3 Å². The van der Waals surface area contributed by atoms with Gasteiger partial charge in [-0.25, -0.2) is 0 Å². The number of aliphatic hydroxyl groups is 1. The zero-order chi connectivity index (χ0) is 21.0. The zero-order valence-corrected chi connectivity index (χ0v) is 18.6. The quantitative estimate of drug-likeness (QED) is 0.516. The Bertz CT molecular complexity index is 737. The molecule has 166 valence electrons. The molecule has 3 aliphatic heterocycles. The highest BCUT2D eigenvalue weighted by atomic mass is 16.3. The van der Waals surface area contributed by atoms with Crippen LogP contribution in [0.2, 0.25) is 0 Å². The van der Waals surface area contributed by atoms with E-state index in [-0.39, 0.29) is 17.9 Å². The Kier molecular flexibility index (Phi) is 7.12. The van der Waals surface area contributed by atoms with E-state index in [1.165, 1.54) is 50.8 Å². The number of nitrogens with zero attached hydrogens (tertiary/aromatic N) is 1. The number of aliphatic hydroxyl groups excluding tert-OH is 1. The highest BCUT2D eigenvalue weighted by Gasteiger charge is 2.48. The van der Waals surface area contributed by atoms with E-state index in [9.17, 15) is 4.79 Å². The van der Waals surface area contributed by atoms with E-state index in [2.05, 4.69) is 33.7 Å². The molecule has 1 amide bonds. The third kappa shape index (κ3) is 5.06. The lowest BCUT2D eigenvalue weighted by molar-refractivity contribution is 0.0777. The maximum atomic E-state index is 13.1. The van der Waals surface area contributed by atoms with Crippen LogP contribution in [0.4, 0.5) is 0 Å². The first-order chi connectivity index (χ1) is 14.6. The standard InChI is InChI=1S/C25H39N3O2/c1-19-7-8-20(5-3-10-26-11-4-12-29)14-23(19)24(30)27-17-25-9-2-6-22-13-21(15-25)16-28(22)18-25/h7-8,14,21-22,26,29H,2-6,9-13,15-18H2,1H3,(H,27,30). The number of hydrogen-bond acceptors (Lipinski definition) is 4. The summed E-state index contributed by atoms with van der Waals surface area (Å²) in [7, 11) is 0. The van der Waals surface area contributed by atoms with Crippen LogP contribution < -0.4 is 10.6 Å². The molecule has 4 unspecified atom stereocenters. The van der Waals surface area contributed by atoms with Gasteiger partial charge in [0.25, 0.3) is 5.91 Å². The lowest BCUT2D eigenvalue weighted by atomic mass is 9.72. The van der Waals surface area contributed by atoms with Crippen molar-refractivity contribution in [1.82, 2.24) is 15.5 Å². The van der Waals surface area contributed by atoms with Crippen LogP contribution in [0.15, 0.2) is 18.2 Å². The number of piperidine rings is 1. The summed E-state index contributed by atoms with van der Waals surface area (Å²) in [6.07, 6.45) is 9.40. The highest BCUT2D eigenvalue weighted by molar-refractivity contribution is 5.95. The number of hydrogen-bond donors (Lipinski definition) is 3. The third-order valence-electron chi connectivity index (χ3n) is 7.62. The van der Waals surface area contributed by atoms with Gasteiger partial charge in [0, 0.05) is 43.3 Å². The largest absolute Gasteiger partial charge is 0.396 e. The van der Waals surface area contributed by atoms with Gasteiger partial charge in [0.1, 0.15) is 0 Å². The van der Waals surface area contributed by atoms with Crippen LogP contribution in [-0.4, -0.2) is 61.3 Å². The molecular weight excluding hydrogens is 374 g/mol. The Balaban J connectivity index is 1.32. The Hall–Kier alpha value is -1.43. The summed E-state index contributed by atoms with van der Waals surface area (Å²) < 4.78 is 0. The van der Waals surface area contributed by atoms with Crippen molar-refractivity contribution in [1.29, 1.82) is 0 Å². The molecule has 30 heavy (non-hydrogen) atoms. The zero-order valence-electron chi connectivity index (χ0n) is 18.6.